The molecule has 3 amide bonds. The molecule has 128 valence electrons. The van der Waals surface area contributed by atoms with Crippen molar-refractivity contribution in [1.29, 1.82) is 0 Å². The second kappa shape index (κ2) is 10.1. The van der Waals surface area contributed by atoms with E-state index in [9.17, 15) is 19.5 Å². The fraction of sp³-hybridized carbons (Fsp3) is 0.786. The Morgan fingerprint density at radius 3 is 2.18 bits per heavy atom. The molecule has 0 aromatic carbocycles. The quantitative estimate of drug-likeness (QED) is 0.334. The van der Waals surface area contributed by atoms with Crippen LogP contribution >= 0.6 is 0 Å². The van der Waals surface area contributed by atoms with Gasteiger partial charge in [-0.3, -0.25) is 9.59 Å². The number of hydrogen-bond acceptors (Lipinski definition) is 5. The molecule has 6 N–H and O–H groups in total. The monoisotopic (exact) mass is 316 g/mol. The summed E-state index contributed by atoms with van der Waals surface area (Å²) in [4.78, 5) is 34.9. The number of ketones is 1. The molecule has 0 bridgehead atoms. The molecule has 0 aliphatic rings. The first-order valence-electron chi connectivity index (χ1n) is 7.43. The molecule has 8 nitrogen and oxygen atoms in total. The van der Waals surface area contributed by atoms with Crippen LogP contribution in [0.5, 0.6) is 0 Å². The number of amides is 3. The molecule has 0 aliphatic heterocycles. The molecule has 0 radical (unpaired) electrons. The lowest BCUT2D eigenvalue weighted by Gasteiger charge is -2.24. The lowest BCUT2D eigenvalue weighted by Crippen LogP contribution is -2.54. The largest absolute Gasteiger partial charge is 0.391 e. The van der Waals surface area contributed by atoms with Crippen molar-refractivity contribution in [3.63, 3.8) is 0 Å². The highest BCUT2D eigenvalue weighted by molar-refractivity contribution is 5.92. The van der Waals surface area contributed by atoms with Crippen LogP contribution in [0.4, 0.5) is 4.79 Å². The first kappa shape index (κ1) is 20.3. The molecule has 0 saturated heterocycles. The van der Waals surface area contributed by atoms with Gasteiger partial charge in [-0.25, -0.2) is 4.79 Å². The number of likely N-dealkylation sites (N-methyl/N-ethyl adjacent to an activating group) is 1. The first-order valence-corrected chi connectivity index (χ1v) is 7.43. The molecule has 3 atom stereocenters. The van der Waals surface area contributed by atoms with Crippen molar-refractivity contribution in [3.05, 3.63) is 0 Å². The van der Waals surface area contributed by atoms with Gasteiger partial charge in [0.05, 0.1) is 12.1 Å². The van der Waals surface area contributed by atoms with E-state index >= 15 is 0 Å². The van der Waals surface area contributed by atoms with Gasteiger partial charge in [0.1, 0.15) is 6.04 Å². The molecule has 22 heavy (non-hydrogen) atoms. The van der Waals surface area contributed by atoms with Crippen LogP contribution in [-0.2, 0) is 9.59 Å². The molecule has 0 rings (SSSR count). The Hall–Kier alpha value is -1.67. The summed E-state index contributed by atoms with van der Waals surface area (Å²) >= 11 is 0. The van der Waals surface area contributed by atoms with Gasteiger partial charge in [0.15, 0.2) is 5.78 Å². The SMILES string of the molecule is CN[C@H](C(=O)N[C@@H](CCCNC(N)=O)C(=O)C(C)C)C(C)O. The number of nitrogens with one attached hydrogen (secondary N) is 3. The van der Waals surface area contributed by atoms with Crippen molar-refractivity contribution in [2.45, 2.75) is 51.8 Å². The van der Waals surface area contributed by atoms with Crippen LogP contribution in [0.3, 0.4) is 0 Å². The van der Waals surface area contributed by atoms with Gasteiger partial charge in [0.2, 0.25) is 5.91 Å². The number of urea groups is 1. The van der Waals surface area contributed by atoms with Gasteiger partial charge in [-0.05, 0) is 26.8 Å². The summed E-state index contributed by atoms with van der Waals surface area (Å²) in [6, 6.07) is -2.07. The van der Waals surface area contributed by atoms with Crippen LogP contribution in [0, 0.1) is 5.92 Å². The lowest BCUT2D eigenvalue weighted by molar-refractivity contribution is -0.131. The third-order valence-corrected chi connectivity index (χ3v) is 3.27. The summed E-state index contributed by atoms with van der Waals surface area (Å²) in [5.74, 6) is -0.749. The van der Waals surface area contributed by atoms with Crippen LogP contribution in [0.15, 0.2) is 0 Å². The third-order valence-electron chi connectivity index (χ3n) is 3.27. The van der Waals surface area contributed by atoms with Crippen LogP contribution < -0.4 is 21.7 Å². The molecule has 0 aromatic rings. The van der Waals surface area contributed by atoms with Gasteiger partial charge in [0, 0.05) is 12.5 Å². The number of rotatable bonds is 10. The van der Waals surface area contributed by atoms with Crippen LogP contribution in [-0.4, -0.2) is 54.6 Å². The van der Waals surface area contributed by atoms with Gasteiger partial charge >= 0.3 is 6.03 Å². The molecule has 8 heteroatoms. The van der Waals surface area contributed by atoms with Crippen molar-refractivity contribution in [1.82, 2.24) is 16.0 Å². The maximum atomic E-state index is 12.2. The van der Waals surface area contributed by atoms with Crippen LogP contribution in [0.1, 0.15) is 33.6 Å². The third kappa shape index (κ3) is 7.37. The predicted octanol–water partition coefficient (Wildman–Crippen LogP) is -0.886. The van der Waals surface area contributed by atoms with E-state index in [1.807, 2.05) is 0 Å². The lowest BCUT2D eigenvalue weighted by atomic mass is 9.97. The molecular formula is C14H28N4O4. The summed E-state index contributed by atoms with van der Waals surface area (Å²) in [5, 5.41) is 17.4. The minimum atomic E-state index is -0.878. The van der Waals surface area contributed by atoms with Gasteiger partial charge in [0.25, 0.3) is 0 Å². The van der Waals surface area contributed by atoms with Gasteiger partial charge < -0.3 is 26.8 Å². The van der Waals surface area contributed by atoms with Gasteiger partial charge in [-0.2, -0.15) is 0 Å². The number of Topliss-reactive ketones (excluding diaryl/α,β-unsaturated/α-hetero) is 1. The number of aliphatic hydroxyl groups is 1. The maximum absolute atomic E-state index is 12.2. The number of carbonyl (C=O) groups is 3. The van der Waals surface area contributed by atoms with E-state index in [2.05, 4.69) is 16.0 Å². The molecule has 0 spiro atoms. The zero-order valence-corrected chi connectivity index (χ0v) is 13.7. The molecular weight excluding hydrogens is 288 g/mol. The van der Waals surface area contributed by atoms with E-state index in [1.54, 1.807) is 20.9 Å². The summed E-state index contributed by atoms with van der Waals surface area (Å²) in [5.41, 5.74) is 4.97. The van der Waals surface area contributed by atoms with E-state index in [-0.39, 0.29) is 11.7 Å². The topological polar surface area (TPSA) is 134 Å². The zero-order valence-electron chi connectivity index (χ0n) is 13.7. The highest BCUT2D eigenvalue weighted by Gasteiger charge is 2.28. The molecule has 0 heterocycles. The maximum Gasteiger partial charge on any atom is 0.312 e. The Balaban J connectivity index is 4.69. The standard InChI is InChI=1S/C14H28N4O4/c1-8(2)12(20)10(6-5-7-17-14(15)22)18-13(21)11(16-4)9(3)19/h8-11,16,19H,5-7H2,1-4H3,(H,18,21)(H3,15,17,22)/t9?,10-,11-/m0/s1. The molecule has 0 saturated carbocycles. The summed E-state index contributed by atoms with van der Waals surface area (Å²) < 4.78 is 0. The molecule has 0 aromatic heterocycles. The Bertz CT molecular complexity index is 385. The molecule has 1 unspecified atom stereocenters. The summed E-state index contributed by atoms with van der Waals surface area (Å²) in [6.07, 6.45) is 0.0150. The average Bonchev–Trinajstić information content (AvgIpc) is 2.41. The van der Waals surface area contributed by atoms with Crippen molar-refractivity contribution in [2.75, 3.05) is 13.6 Å². The Morgan fingerprint density at radius 1 is 1.18 bits per heavy atom. The van der Waals surface area contributed by atoms with E-state index < -0.39 is 30.1 Å². The van der Waals surface area contributed by atoms with E-state index in [0.29, 0.717) is 19.4 Å². The van der Waals surface area contributed by atoms with Crippen molar-refractivity contribution >= 4 is 17.7 Å². The summed E-state index contributed by atoms with van der Waals surface area (Å²) in [7, 11) is 1.56. The van der Waals surface area contributed by atoms with Gasteiger partial charge in [-0.1, -0.05) is 13.8 Å². The number of carbonyl (C=O) groups excluding carboxylic acids is 3. The normalized spacial score (nSPS) is 15.0. The second-order valence-corrected chi connectivity index (χ2v) is 5.56. The van der Waals surface area contributed by atoms with Crippen LogP contribution in [0.25, 0.3) is 0 Å². The zero-order chi connectivity index (χ0) is 17.3. The predicted molar refractivity (Wildman–Crippen MR) is 83.1 cm³/mol. The molecule has 0 aliphatic carbocycles. The Labute approximate surface area is 131 Å². The van der Waals surface area contributed by atoms with Gasteiger partial charge in [-0.15, -0.1) is 0 Å². The van der Waals surface area contributed by atoms with Crippen molar-refractivity contribution in [3.8, 4) is 0 Å². The van der Waals surface area contributed by atoms with E-state index in [4.69, 9.17) is 5.73 Å². The van der Waals surface area contributed by atoms with Crippen molar-refractivity contribution < 1.29 is 19.5 Å². The van der Waals surface area contributed by atoms with E-state index in [0.717, 1.165) is 0 Å². The average molecular weight is 316 g/mol. The Morgan fingerprint density at radius 2 is 1.77 bits per heavy atom. The minimum Gasteiger partial charge on any atom is -0.391 e. The summed E-state index contributed by atoms with van der Waals surface area (Å²) in [6.45, 7) is 5.34. The fourth-order valence-electron chi connectivity index (χ4n) is 2.06. The molecule has 0 fully saturated rings. The number of aliphatic hydroxyl groups excluding tert-OH is 1. The smallest absolute Gasteiger partial charge is 0.312 e. The number of primary amides is 1. The minimum absolute atomic E-state index is 0.0899. The number of nitrogens with two attached hydrogens (primary N) is 1. The Kier molecular flexibility index (Phi) is 9.35. The number of hydrogen-bond donors (Lipinski definition) is 5. The van der Waals surface area contributed by atoms with Crippen LogP contribution in [0.2, 0.25) is 0 Å². The highest BCUT2D eigenvalue weighted by atomic mass is 16.3. The van der Waals surface area contributed by atoms with E-state index in [1.165, 1.54) is 6.92 Å². The first-order chi connectivity index (χ1) is 10.2. The second-order valence-electron chi connectivity index (χ2n) is 5.56. The highest BCUT2D eigenvalue weighted by Crippen LogP contribution is 2.07. The van der Waals surface area contributed by atoms with Crippen molar-refractivity contribution in [2.24, 2.45) is 11.7 Å². The fourth-order valence-corrected chi connectivity index (χ4v) is 2.06.